The molecule has 6 heteroatoms. The van der Waals surface area contributed by atoms with Crippen LogP contribution in [0.15, 0.2) is 48.8 Å². The monoisotopic (exact) mass is 371 g/mol. The standard InChI is InChI=1S/C22H21N5O/c1-15-4-5-16-14-26-27(21(16)10-15)9-3-8-24-22-17(12-23)13-25-20-7-6-18(28-2)11-19(20)22/h4-7,10-11,13-14H,3,8-9H2,1-2H3,(H,24,25). The first-order chi connectivity index (χ1) is 13.7. The highest BCUT2D eigenvalue weighted by Crippen LogP contribution is 2.29. The van der Waals surface area contributed by atoms with Crippen LogP contribution in [-0.2, 0) is 6.54 Å². The first-order valence-electron chi connectivity index (χ1n) is 9.22. The summed E-state index contributed by atoms with van der Waals surface area (Å²) in [7, 11) is 1.63. The van der Waals surface area contributed by atoms with Gasteiger partial charge in [0.1, 0.15) is 11.8 Å². The molecule has 4 rings (SSSR count). The Hall–Kier alpha value is -3.59. The van der Waals surface area contributed by atoms with Crippen LogP contribution in [0.1, 0.15) is 17.5 Å². The van der Waals surface area contributed by atoms with Crippen LogP contribution in [0.2, 0.25) is 0 Å². The van der Waals surface area contributed by atoms with E-state index in [4.69, 9.17) is 4.74 Å². The number of benzene rings is 2. The van der Waals surface area contributed by atoms with Gasteiger partial charge in [0.2, 0.25) is 0 Å². The maximum Gasteiger partial charge on any atom is 0.119 e. The van der Waals surface area contributed by atoms with Crippen LogP contribution in [0.5, 0.6) is 5.75 Å². The summed E-state index contributed by atoms with van der Waals surface area (Å²) in [6.07, 6.45) is 4.39. The molecular weight excluding hydrogens is 350 g/mol. The van der Waals surface area contributed by atoms with Gasteiger partial charge in [-0.05, 0) is 43.2 Å². The molecule has 0 atom stereocenters. The number of aromatic nitrogens is 3. The highest BCUT2D eigenvalue weighted by atomic mass is 16.5. The zero-order valence-electron chi connectivity index (χ0n) is 15.9. The first-order valence-corrected chi connectivity index (χ1v) is 9.22. The number of hydrogen-bond donors (Lipinski definition) is 1. The second kappa shape index (κ2) is 7.57. The molecule has 28 heavy (non-hydrogen) atoms. The minimum atomic E-state index is 0.529. The van der Waals surface area contributed by atoms with E-state index in [-0.39, 0.29) is 0 Å². The Morgan fingerprint density at radius 2 is 2.07 bits per heavy atom. The molecule has 6 nitrogen and oxygen atoms in total. The minimum Gasteiger partial charge on any atom is -0.497 e. The van der Waals surface area contributed by atoms with Crippen LogP contribution in [0, 0.1) is 18.3 Å². The molecule has 0 aliphatic carbocycles. The Morgan fingerprint density at radius 1 is 1.18 bits per heavy atom. The SMILES string of the molecule is COc1ccc2ncc(C#N)c(NCCCn3ncc4ccc(C)cc43)c2c1. The molecule has 0 aliphatic rings. The van der Waals surface area contributed by atoms with E-state index in [0.29, 0.717) is 5.56 Å². The fourth-order valence-electron chi connectivity index (χ4n) is 3.37. The summed E-state index contributed by atoms with van der Waals surface area (Å²) in [5, 5.41) is 19.4. The number of pyridine rings is 1. The molecule has 0 bridgehead atoms. The van der Waals surface area contributed by atoms with Crippen LogP contribution in [0.3, 0.4) is 0 Å². The van der Waals surface area contributed by atoms with Crippen molar-refractivity contribution in [2.75, 3.05) is 19.0 Å². The van der Waals surface area contributed by atoms with Gasteiger partial charge in [0.05, 0.1) is 35.6 Å². The average Bonchev–Trinajstić information content (AvgIpc) is 3.12. The van der Waals surface area contributed by atoms with Crippen LogP contribution in [-0.4, -0.2) is 28.4 Å². The number of nitrogens with one attached hydrogen (secondary N) is 1. The lowest BCUT2D eigenvalue weighted by Gasteiger charge is -2.12. The van der Waals surface area contributed by atoms with Crippen molar-refractivity contribution in [2.45, 2.75) is 19.9 Å². The summed E-state index contributed by atoms with van der Waals surface area (Å²) in [6, 6.07) is 14.3. The Morgan fingerprint density at radius 3 is 2.89 bits per heavy atom. The van der Waals surface area contributed by atoms with Gasteiger partial charge in [-0.1, -0.05) is 12.1 Å². The molecular formula is C22H21N5O. The van der Waals surface area contributed by atoms with Crippen molar-refractivity contribution in [3.05, 3.63) is 59.9 Å². The molecule has 140 valence electrons. The first kappa shape index (κ1) is 17.8. The summed E-state index contributed by atoms with van der Waals surface area (Å²) >= 11 is 0. The molecule has 0 aliphatic heterocycles. The molecule has 0 saturated carbocycles. The van der Waals surface area contributed by atoms with Gasteiger partial charge in [-0.2, -0.15) is 10.4 Å². The number of fused-ring (bicyclic) bond motifs is 2. The smallest absolute Gasteiger partial charge is 0.119 e. The third-order valence-electron chi connectivity index (χ3n) is 4.84. The number of nitriles is 1. The van der Waals surface area contributed by atoms with Gasteiger partial charge in [0.25, 0.3) is 0 Å². The van der Waals surface area contributed by atoms with E-state index in [0.717, 1.165) is 52.8 Å². The largest absolute Gasteiger partial charge is 0.497 e. The zero-order chi connectivity index (χ0) is 19.5. The predicted molar refractivity (Wildman–Crippen MR) is 111 cm³/mol. The molecule has 0 unspecified atom stereocenters. The number of anilines is 1. The van der Waals surface area contributed by atoms with Crippen LogP contribution in [0.4, 0.5) is 5.69 Å². The fourth-order valence-corrected chi connectivity index (χ4v) is 3.37. The number of methoxy groups -OCH3 is 1. The van der Waals surface area contributed by atoms with Crippen LogP contribution < -0.4 is 10.1 Å². The van der Waals surface area contributed by atoms with Crippen molar-refractivity contribution in [2.24, 2.45) is 0 Å². The molecule has 0 spiro atoms. The van der Waals surface area contributed by atoms with E-state index in [1.807, 2.05) is 29.1 Å². The minimum absolute atomic E-state index is 0.529. The molecule has 2 aromatic carbocycles. The van der Waals surface area contributed by atoms with E-state index >= 15 is 0 Å². The Balaban J connectivity index is 1.52. The lowest BCUT2D eigenvalue weighted by Crippen LogP contribution is -2.09. The van der Waals surface area contributed by atoms with E-state index in [2.05, 4.69) is 46.6 Å². The average molecular weight is 371 g/mol. The summed E-state index contributed by atoms with van der Waals surface area (Å²) in [5.41, 5.74) is 4.53. The van der Waals surface area contributed by atoms with Crippen LogP contribution in [0.25, 0.3) is 21.8 Å². The van der Waals surface area contributed by atoms with Crippen molar-refractivity contribution >= 4 is 27.5 Å². The quantitative estimate of drug-likeness (QED) is 0.512. The normalized spacial score (nSPS) is 10.9. The summed E-state index contributed by atoms with van der Waals surface area (Å²) < 4.78 is 7.36. The second-order valence-corrected chi connectivity index (χ2v) is 6.75. The van der Waals surface area contributed by atoms with Gasteiger partial charge in [-0.3, -0.25) is 9.67 Å². The number of nitrogens with zero attached hydrogens (tertiary/aromatic N) is 4. The molecule has 2 heterocycles. The number of rotatable bonds is 6. The fraction of sp³-hybridized carbons (Fsp3) is 0.227. The van der Waals surface area contributed by atoms with E-state index < -0.39 is 0 Å². The Bertz CT molecular complexity index is 1190. The molecule has 0 radical (unpaired) electrons. The highest BCUT2D eigenvalue weighted by Gasteiger charge is 2.10. The zero-order valence-corrected chi connectivity index (χ0v) is 15.9. The predicted octanol–water partition coefficient (Wildman–Crippen LogP) is 4.28. The van der Waals surface area contributed by atoms with Crippen molar-refractivity contribution in [3.63, 3.8) is 0 Å². The molecule has 1 N–H and O–H groups in total. The van der Waals surface area contributed by atoms with Gasteiger partial charge in [-0.15, -0.1) is 0 Å². The van der Waals surface area contributed by atoms with Gasteiger partial charge in [0.15, 0.2) is 0 Å². The molecule has 0 fully saturated rings. The third kappa shape index (κ3) is 3.35. The Labute approximate surface area is 163 Å². The third-order valence-corrected chi connectivity index (χ3v) is 4.84. The number of ether oxygens (including phenoxy) is 1. The van der Waals surface area contributed by atoms with Gasteiger partial charge in [-0.25, -0.2) is 0 Å². The number of hydrogen-bond acceptors (Lipinski definition) is 5. The topological polar surface area (TPSA) is 75.8 Å². The van der Waals surface area contributed by atoms with Gasteiger partial charge in [0, 0.05) is 30.1 Å². The summed E-state index contributed by atoms with van der Waals surface area (Å²) in [6.45, 7) is 3.61. The number of aryl methyl sites for hydroxylation is 2. The van der Waals surface area contributed by atoms with Crippen molar-refractivity contribution in [1.82, 2.24) is 14.8 Å². The van der Waals surface area contributed by atoms with Gasteiger partial charge >= 0.3 is 0 Å². The van der Waals surface area contributed by atoms with E-state index in [9.17, 15) is 5.26 Å². The molecule has 2 aromatic heterocycles. The van der Waals surface area contributed by atoms with Crippen molar-refractivity contribution in [1.29, 1.82) is 5.26 Å². The molecule has 4 aromatic rings. The molecule has 0 saturated heterocycles. The second-order valence-electron chi connectivity index (χ2n) is 6.75. The lowest BCUT2D eigenvalue weighted by molar-refractivity contribution is 0.415. The van der Waals surface area contributed by atoms with Crippen molar-refractivity contribution < 1.29 is 4.74 Å². The van der Waals surface area contributed by atoms with Crippen molar-refractivity contribution in [3.8, 4) is 11.8 Å². The summed E-state index contributed by atoms with van der Waals surface area (Å²) in [4.78, 5) is 4.37. The summed E-state index contributed by atoms with van der Waals surface area (Å²) in [5.74, 6) is 0.742. The van der Waals surface area contributed by atoms with Crippen LogP contribution >= 0.6 is 0 Å². The van der Waals surface area contributed by atoms with E-state index in [1.54, 1.807) is 13.3 Å². The maximum atomic E-state index is 9.48. The molecule has 0 amide bonds. The highest BCUT2D eigenvalue weighted by molar-refractivity contribution is 5.94. The Kier molecular flexibility index (Phi) is 4.81. The van der Waals surface area contributed by atoms with Gasteiger partial charge < -0.3 is 10.1 Å². The lowest BCUT2D eigenvalue weighted by atomic mass is 10.1. The van der Waals surface area contributed by atoms with E-state index in [1.165, 1.54) is 5.56 Å². The maximum absolute atomic E-state index is 9.48.